The van der Waals surface area contributed by atoms with Gasteiger partial charge in [0.25, 0.3) is 0 Å². The highest BCUT2D eigenvalue weighted by Gasteiger charge is 2.39. The van der Waals surface area contributed by atoms with Crippen LogP contribution in [0.15, 0.2) is 23.3 Å². The van der Waals surface area contributed by atoms with Gasteiger partial charge in [-0.2, -0.15) is 0 Å². The summed E-state index contributed by atoms with van der Waals surface area (Å²) in [6.07, 6.45) is 6.81. The molecule has 2 aliphatic rings. The minimum atomic E-state index is -1.01. The number of carbonyl (C=O) groups is 4. The number of nitrogens with two attached hydrogens (primary N) is 1. The molecule has 0 spiro atoms. The fourth-order valence-electron chi connectivity index (χ4n) is 6.01. The van der Waals surface area contributed by atoms with E-state index in [-0.39, 0.29) is 35.5 Å². The lowest BCUT2D eigenvalue weighted by atomic mass is 10.0. The van der Waals surface area contributed by atoms with Crippen molar-refractivity contribution in [3.05, 3.63) is 29.9 Å². The molecule has 49 heavy (non-hydrogen) atoms. The van der Waals surface area contributed by atoms with E-state index >= 15 is 0 Å². The standard InChI is InChI=1S/C35H50N8O6/c1-9-17-35(6,41-29(36)25-15-12-19-42(25)31(44)27(22(2)3)39-33(46)48-7)18-11-10-14-24-21-37-30(38-24)26-16-13-20-43(26)32(45)28(23(4)5)40-34(47)49-8/h9,17,21-23,25-28H,12-13,15-16,19-20H2,1-8H3,(H2,36,41)(H,37,38)(H,39,46)(H,40,47)/b17-9-/t25-,26-,27-,28-,35?/m0/s1. The van der Waals surface area contributed by atoms with Crippen LogP contribution >= 0.6 is 0 Å². The van der Waals surface area contributed by atoms with E-state index in [4.69, 9.17) is 20.2 Å². The topological polar surface area (TPSA) is 184 Å². The molecule has 0 radical (unpaired) electrons. The number of aliphatic imine (C=N–C) groups is 1. The minimum Gasteiger partial charge on any atom is -0.453 e. The molecular formula is C35H50N8O6. The summed E-state index contributed by atoms with van der Waals surface area (Å²) in [5.74, 6) is 11.9. The normalized spacial score (nSPS) is 20.2. The average Bonchev–Trinajstić information content (AvgIpc) is 3.84. The van der Waals surface area contributed by atoms with Gasteiger partial charge in [-0.3, -0.25) is 9.59 Å². The Labute approximate surface area is 289 Å². The van der Waals surface area contributed by atoms with Crippen molar-refractivity contribution in [3.8, 4) is 23.7 Å². The molecule has 4 amide bonds. The van der Waals surface area contributed by atoms with Crippen molar-refractivity contribution in [2.24, 2.45) is 22.6 Å². The van der Waals surface area contributed by atoms with Crippen LogP contribution in [0.2, 0.25) is 0 Å². The molecule has 0 saturated carbocycles. The molecule has 3 rings (SSSR count). The summed E-state index contributed by atoms with van der Waals surface area (Å²) in [5, 5.41) is 5.28. The van der Waals surface area contributed by atoms with Gasteiger partial charge in [0.15, 0.2) is 0 Å². The van der Waals surface area contributed by atoms with Gasteiger partial charge in [0, 0.05) is 13.1 Å². The first-order chi connectivity index (χ1) is 23.2. The highest BCUT2D eigenvalue weighted by atomic mass is 16.5. The maximum Gasteiger partial charge on any atom is 0.407 e. The monoisotopic (exact) mass is 678 g/mol. The molecule has 1 aromatic heterocycles. The molecule has 0 aromatic carbocycles. The lowest BCUT2D eigenvalue weighted by Crippen LogP contribution is -2.55. The number of H-pyrrole nitrogens is 1. The van der Waals surface area contributed by atoms with Crippen LogP contribution in [0.1, 0.15) is 84.8 Å². The van der Waals surface area contributed by atoms with Gasteiger partial charge in [0.1, 0.15) is 35.0 Å². The number of nitrogens with one attached hydrogen (secondary N) is 3. The Kier molecular flexibility index (Phi) is 13.7. The molecular weight excluding hydrogens is 628 g/mol. The van der Waals surface area contributed by atoms with Crippen LogP contribution < -0.4 is 16.4 Å². The SMILES string of the molecule is C/C=C\C(C)(C#CC#Cc1cnc([C@@H]2CCCN2C(=O)[C@@H](NC(=O)OC)C(C)C)[nH]1)N=C(N)[C@@H]1CCCN1C(=O)[C@@H](NC(=O)OC)C(C)C. The molecule has 14 heteroatoms. The van der Waals surface area contributed by atoms with Crippen molar-refractivity contribution in [3.63, 3.8) is 0 Å². The van der Waals surface area contributed by atoms with Gasteiger partial charge in [-0.15, -0.1) is 0 Å². The number of alkyl carbamates (subject to hydrolysis) is 2. The minimum absolute atomic E-state index is 0.135. The van der Waals surface area contributed by atoms with Crippen LogP contribution in [0, 0.1) is 35.5 Å². The maximum absolute atomic E-state index is 13.5. The first-order valence-corrected chi connectivity index (χ1v) is 16.6. The van der Waals surface area contributed by atoms with Gasteiger partial charge in [-0.05, 0) is 75.2 Å². The van der Waals surface area contributed by atoms with Crippen LogP contribution in [0.3, 0.4) is 0 Å². The molecule has 266 valence electrons. The van der Waals surface area contributed by atoms with Gasteiger partial charge < -0.3 is 40.6 Å². The lowest BCUT2D eigenvalue weighted by molar-refractivity contribution is -0.135. The molecule has 2 fully saturated rings. The number of likely N-dealkylation sites (tertiary alicyclic amines) is 2. The summed E-state index contributed by atoms with van der Waals surface area (Å²) in [6.45, 7) is 12.1. The fourth-order valence-corrected chi connectivity index (χ4v) is 6.01. The molecule has 1 aromatic rings. The number of imidazole rings is 1. The predicted octanol–water partition coefficient (Wildman–Crippen LogP) is 2.87. The van der Waals surface area contributed by atoms with Gasteiger partial charge in [-0.1, -0.05) is 39.7 Å². The van der Waals surface area contributed by atoms with Crippen LogP contribution in [0.4, 0.5) is 9.59 Å². The molecule has 14 nitrogen and oxygen atoms in total. The van der Waals surface area contributed by atoms with E-state index in [0.29, 0.717) is 31.0 Å². The van der Waals surface area contributed by atoms with E-state index in [1.54, 1.807) is 16.0 Å². The second-order valence-corrected chi connectivity index (χ2v) is 13.0. The first-order valence-electron chi connectivity index (χ1n) is 16.6. The quantitative estimate of drug-likeness (QED) is 0.126. The summed E-state index contributed by atoms with van der Waals surface area (Å²) >= 11 is 0. The molecule has 1 unspecified atom stereocenters. The number of rotatable bonds is 10. The van der Waals surface area contributed by atoms with Crippen molar-refractivity contribution < 1.29 is 28.7 Å². The van der Waals surface area contributed by atoms with Crippen LogP contribution in [-0.4, -0.2) is 101 Å². The van der Waals surface area contributed by atoms with E-state index in [2.05, 4.69) is 44.3 Å². The number of aromatic amines is 1. The van der Waals surface area contributed by atoms with Crippen molar-refractivity contribution in [1.82, 2.24) is 30.4 Å². The molecule has 5 N–H and O–H groups in total. The molecule has 2 aliphatic heterocycles. The van der Waals surface area contributed by atoms with Crippen LogP contribution in [0.5, 0.6) is 0 Å². The number of amides is 4. The molecule has 5 atom stereocenters. The van der Waals surface area contributed by atoms with E-state index < -0.39 is 35.9 Å². The number of hydrogen-bond donors (Lipinski definition) is 4. The van der Waals surface area contributed by atoms with E-state index in [9.17, 15) is 19.2 Å². The van der Waals surface area contributed by atoms with Crippen molar-refractivity contribution in [1.29, 1.82) is 0 Å². The van der Waals surface area contributed by atoms with Crippen LogP contribution in [0.25, 0.3) is 0 Å². The molecule has 2 saturated heterocycles. The maximum atomic E-state index is 13.5. The van der Waals surface area contributed by atoms with E-state index in [1.165, 1.54) is 14.2 Å². The van der Waals surface area contributed by atoms with E-state index in [0.717, 1.165) is 19.3 Å². The van der Waals surface area contributed by atoms with Crippen molar-refractivity contribution in [2.45, 2.75) is 96.9 Å². The summed E-state index contributed by atoms with van der Waals surface area (Å²) in [7, 11) is 2.52. The van der Waals surface area contributed by atoms with Gasteiger partial charge >= 0.3 is 12.2 Å². The van der Waals surface area contributed by atoms with Crippen LogP contribution in [-0.2, 0) is 19.1 Å². The Bertz CT molecular complexity index is 1540. The second-order valence-electron chi connectivity index (χ2n) is 13.0. The zero-order chi connectivity index (χ0) is 36.3. The number of allylic oxidation sites excluding steroid dienone is 1. The number of nitrogens with zero attached hydrogens (tertiary/aromatic N) is 4. The Morgan fingerprint density at radius 1 is 1.00 bits per heavy atom. The summed E-state index contributed by atoms with van der Waals surface area (Å²) in [6, 6.07) is -2.21. The molecule has 0 aliphatic carbocycles. The number of hydrogen-bond acceptors (Lipinski definition) is 8. The van der Waals surface area contributed by atoms with Gasteiger partial charge in [0.05, 0.1) is 32.5 Å². The summed E-state index contributed by atoms with van der Waals surface area (Å²) in [4.78, 5) is 66.5. The Hall–Kier alpha value is -4.98. The highest BCUT2D eigenvalue weighted by Crippen LogP contribution is 2.31. The third kappa shape index (κ3) is 10.0. The Balaban J connectivity index is 1.77. The average molecular weight is 679 g/mol. The summed E-state index contributed by atoms with van der Waals surface area (Å²) in [5.41, 5.74) is 6.04. The third-order valence-electron chi connectivity index (χ3n) is 8.54. The van der Waals surface area contributed by atoms with E-state index in [1.807, 2.05) is 53.7 Å². The fraction of sp³-hybridized carbons (Fsp3) is 0.600. The van der Waals surface area contributed by atoms with Crippen molar-refractivity contribution in [2.75, 3.05) is 27.3 Å². The molecule has 3 heterocycles. The highest BCUT2D eigenvalue weighted by molar-refractivity contribution is 5.94. The second kappa shape index (κ2) is 17.4. The predicted molar refractivity (Wildman–Crippen MR) is 185 cm³/mol. The molecule has 0 bridgehead atoms. The summed E-state index contributed by atoms with van der Waals surface area (Å²) < 4.78 is 9.42. The lowest BCUT2D eigenvalue weighted by Gasteiger charge is -2.31. The zero-order valence-corrected chi connectivity index (χ0v) is 29.8. The van der Waals surface area contributed by atoms with Gasteiger partial charge in [0.2, 0.25) is 11.8 Å². The number of ether oxygens (including phenoxy) is 2. The Morgan fingerprint density at radius 2 is 1.57 bits per heavy atom. The van der Waals surface area contributed by atoms with Crippen molar-refractivity contribution >= 4 is 29.8 Å². The number of methoxy groups -OCH3 is 2. The number of carbonyl (C=O) groups excluding carboxylic acids is 4. The number of aromatic nitrogens is 2. The van der Waals surface area contributed by atoms with Gasteiger partial charge in [-0.25, -0.2) is 19.6 Å². The Morgan fingerprint density at radius 3 is 2.14 bits per heavy atom. The first kappa shape index (κ1) is 38.5. The zero-order valence-electron chi connectivity index (χ0n) is 29.8. The third-order valence-corrected chi connectivity index (χ3v) is 8.54. The smallest absolute Gasteiger partial charge is 0.407 e. The number of amidine groups is 1. The largest absolute Gasteiger partial charge is 0.453 e.